The van der Waals surface area contributed by atoms with Crippen LogP contribution in [-0.2, 0) is 4.79 Å². The van der Waals surface area contributed by atoms with Crippen molar-refractivity contribution in [3.8, 4) is 0 Å². The van der Waals surface area contributed by atoms with Crippen molar-refractivity contribution in [2.24, 2.45) is 15.9 Å². The van der Waals surface area contributed by atoms with E-state index in [-0.39, 0.29) is 11.7 Å². The van der Waals surface area contributed by atoms with Gasteiger partial charge in [0.15, 0.2) is 5.78 Å². The molecule has 1 atom stereocenters. The minimum Gasteiger partial charge on any atom is -0.300 e. The number of carbonyl (C=O) groups excluding carboxylic acids is 1. The van der Waals surface area contributed by atoms with Gasteiger partial charge in [0.25, 0.3) is 0 Å². The first-order valence-corrected chi connectivity index (χ1v) is 12.7. The van der Waals surface area contributed by atoms with Crippen LogP contribution >= 0.6 is 23.5 Å². The Morgan fingerprint density at radius 3 is 2.50 bits per heavy atom. The maximum absolute atomic E-state index is 12.7. The monoisotopic (exact) mass is 453 g/mol. The highest BCUT2D eigenvalue weighted by molar-refractivity contribution is 7.96. The molecule has 3 heterocycles. The second-order valence-electron chi connectivity index (χ2n) is 8.76. The molecule has 30 heavy (non-hydrogen) atoms. The molecule has 3 rings (SSSR count). The van der Waals surface area contributed by atoms with E-state index in [9.17, 15) is 4.79 Å². The van der Waals surface area contributed by atoms with E-state index in [4.69, 9.17) is 11.6 Å². The Kier molecular flexibility index (Phi) is 8.95. The smallest absolute Gasteiger partial charge is 0.152 e. The molecule has 2 saturated heterocycles. The van der Waals surface area contributed by atoms with Crippen molar-refractivity contribution in [2.75, 3.05) is 46.0 Å². The Morgan fingerprint density at radius 2 is 1.87 bits per heavy atom. The molecule has 0 aromatic carbocycles. The number of ketones is 1. The van der Waals surface area contributed by atoms with Crippen molar-refractivity contribution >= 4 is 40.3 Å². The standard InChI is InChI=1S/C22H36ClN5OS/c1-16-13-18(24-17(2)25-22(16)23)14-21(29)15-27-9-5-20(6-10-27)28-11-7-19(8-12-28)26(3)30-4/h13,16,19-20H,5-12,14-15H2,1-4H3. The van der Waals surface area contributed by atoms with Gasteiger partial charge >= 0.3 is 0 Å². The van der Waals surface area contributed by atoms with Crippen molar-refractivity contribution in [2.45, 2.75) is 58.0 Å². The van der Waals surface area contributed by atoms with Gasteiger partial charge in [-0.3, -0.25) is 14.0 Å². The van der Waals surface area contributed by atoms with Gasteiger partial charge in [0.1, 0.15) is 11.0 Å². The zero-order chi connectivity index (χ0) is 21.7. The van der Waals surface area contributed by atoms with Crippen LogP contribution in [0.2, 0.25) is 0 Å². The number of rotatable bonds is 7. The molecule has 0 aromatic rings. The van der Waals surface area contributed by atoms with E-state index >= 15 is 0 Å². The lowest BCUT2D eigenvalue weighted by Crippen LogP contribution is -2.50. The third-order valence-electron chi connectivity index (χ3n) is 6.55. The molecular weight excluding hydrogens is 418 g/mol. The van der Waals surface area contributed by atoms with Gasteiger partial charge in [-0.15, -0.1) is 0 Å². The summed E-state index contributed by atoms with van der Waals surface area (Å²) in [5.74, 6) is 0.852. The molecule has 0 saturated carbocycles. The topological polar surface area (TPSA) is 51.5 Å². The van der Waals surface area contributed by atoms with Gasteiger partial charge in [0.05, 0.1) is 6.54 Å². The molecule has 6 nitrogen and oxygen atoms in total. The molecule has 3 aliphatic rings. The van der Waals surface area contributed by atoms with E-state index in [0.29, 0.717) is 36.1 Å². The molecule has 8 heteroatoms. The number of aliphatic imine (C=N–C) groups is 2. The molecule has 1 unspecified atom stereocenters. The third kappa shape index (κ3) is 6.63. The lowest BCUT2D eigenvalue weighted by molar-refractivity contribution is -0.120. The second-order valence-corrected chi connectivity index (χ2v) is 10.1. The number of carbonyl (C=O) groups is 1. The number of piperidine rings is 2. The molecular formula is C22H36ClN5OS. The average Bonchev–Trinajstić information content (AvgIpc) is 2.84. The summed E-state index contributed by atoms with van der Waals surface area (Å²) in [6.45, 7) is 8.74. The van der Waals surface area contributed by atoms with Crippen LogP contribution in [0, 0.1) is 5.92 Å². The van der Waals surface area contributed by atoms with Crippen molar-refractivity contribution in [1.82, 2.24) is 14.1 Å². The summed E-state index contributed by atoms with van der Waals surface area (Å²) in [6, 6.07) is 1.38. The van der Waals surface area contributed by atoms with E-state index in [0.717, 1.165) is 31.6 Å². The Balaban J connectivity index is 1.41. The number of nitrogens with zero attached hydrogens (tertiary/aromatic N) is 5. The van der Waals surface area contributed by atoms with Crippen molar-refractivity contribution in [3.63, 3.8) is 0 Å². The molecule has 0 amide bonds. The summed E-state index contributed by atoms with van der Waals surface area (Å²) < 4.78 is 2.40. The Hall–Kier alpha value is -0.730. The fraction of sp³-hybridized carbons (Fsp3) is 0.773. The van der Waals surface area contributed by atoms with Crippen LogP contribution in [0.4, 0.5) is 0 Å². The summed E-state index contributed by atoms with van der Waals surface area (Å²) in [7, 11) is 2.21. The first-order chi connectivity index (χ1) is 14.4. The van der Waals surface area contributed by atoms with Crippen LogP contribution in [0.1, 0.15) is 46.0 Å². The largest absolute Gasteiger partial charge is 0.300 e. The maximum Gasteiger partial charge on any atom is 0.152 e. The highest BCUT2D eigenvalue weighted by Gasteiger charge is 2.30. The van der Waals surface area contributed by atoms with Crippen molar-refractivity contribution in [3.05, 3.63) is 11.8 Å². The fourth-order valence-corrected chi connectivity index (χ4v) is 5.39. The average molecular weight is 454 g/mol. The minimum absolute atomic E-state index is 0.00580. The molecule has 0 N–H and O–H groups in total. The van der Waals surface area contributed by atoms with E-state index in [1.165, 1.54) is 25.9 Å². The van der Waals surface area contributed by atoms with E-state index in [1.807, 2.05) is 31.9 Å². The number of amidine groups is 1. The van der Waals surface area contributed by atoms with E-state index < -0.39 is 0 Å². The van der Waals surface area contributed by atoms with Crippen LogP contribution in [-0.4, -0.2) is 89.0 Å². The van der Waals surface area contributed by atoms with E-state index in [2.05, 4.69) is 37.4 Å². The van der Waals surface area contributed by atoms with Gasteiger partial charge in [-0.05, 0) is 59.0 Å². The highest BCUT2D eigenvalue weighted by Crippen LogP contribution is 2.25. The highest BCUT2D eigenvalue weighted by atomic mass is 35.5. The summed E-state index contributed by atoms with van der Waals surface area (Å²) >= 11 is 8.00. The van der Waals surface area contributed by atoms with Crippen LogP contribution < -0.4 is 0 Å². The first-order valence-electron chi connectivity index (χ1n) is 11.1. The number of hydrogen-bond donors (Lipinski definition) is 0. The van der Waals surface area contributed by atoms with Crippen LogP contribution in [0.3, 0.4) is 0 Å². The molecule has 0 radical (unpaired) electrons. The van der Waals surface area contributed by atoms with Gasteiger partial charge in [-0.2, -0.15) is 0 Å². The molecule has 0 bridgehead atoms. The first kappa shape index (κ1) is 23.9. The number of likely N-dealkylation sites (tertiary alicyclic amines) is 2. The second kappa shape index (κ2) is 11.2. The molecule has 168 valence electrons. The van der Waals surface area contributed by atoms with Crippen LogP contribution in [0.15, 0.2) is 21.8 Å². The lowest BCUT2D eigenvalue weighted by Gasteiger charge is -2.43. The summed E-state index contributed by atoms with van der Waals surface area (Å²) in [6.07, 6.45) is 9.33. The Labute approximate surface area is 190 Å². The lowest BCUT2D eigenvalue weighted by atomic mass is 9.97. The zero-order valence-electron chi connectivity index (χ0n) is 18.8. The fourth-order valence-electron chi connectivity index (χ4n) is 4.70. The molecule has 0 aliphatic carbocycles. The summed E-state index contributed by atoms with van der Waals surface area (Å²) in [4.78, 5) is 26.4. The van der Waals surface area contributed by atoms with E-state index in [1.54, 1.807) is 0 Å². The number of allylic oxidation sites excluding steroid dienone is 2. The predicted molar refractivity (Wildman–Crippen MR) is 129 cm³/mol. The van der Waals surface area contributed by atoms with Gasteiger partial charge in [0, 0.05) is 43.2 Å². The predicted octanol–water partition coefficient (Wildman–Crippen LogP) is 3.67. The van der Waals surface area contributed by atoms with Crippen molar-refractivity contribution < 1.29 is 4.79 Å². The van der Waals surface area contributed by atoms with Gasteiger partial charge in [0.2, 0.25) is 0 Å². The third-order valence-corrected chi connectivity index (χ3v) is 7.85. The Morgan fingerprint density at radius 1 is 1.20 bits per heavy atom. The maximum atomic E-state index is 12.7. The minimum atomic E-state index is 0.00580. The zero-order valence-corrected chi connectivity index (χ0v) is 20.4. The Bertz CT molecular complexity index is 694. The van der Waals surface area contributed by atoms with Crippen LogP contribution in [0.25, 0.3) is 0 Å². The van der Waals surface area contributed by atoms with Gasteiger partial charge in [-0.1, -0.05) is 36.5 Å². The normalized spacial score (nSPS) is 25.7. The number of Topliss-reactive ketones (excluding diaryl/α,β-unsaturated/α-hetero) is 1. The quantitative estimate of drug-likeness (QED) is 0.550. The number of hydrogen-bond acceptors (Lipinski definition) is 7. The molecule has 3 aliphatic heterocycles. The molecule has 2 fully saturated rings. The summed E-state index contributed by atoms with van der Waals surface area (Å²) in [5.41, 5.74) is 0.789. The number of halogens is 1. The van der Waals surface area contributed by atoms with Crippen LogP contribution in [0.5, 0.6) is 0 Å². The SMILES string of the molecule is CSN(C)C1CCN(C2CCN(CC(=O)CC3=CC(C)C(Cl)=NC(C)=N3)CC2)CC1. The van der Waals surface area contributed by atoms with Gasteiger partial charge in [-0.25, -0.2) is 9.98 Å². The van der Waals surface area contributed by atoms with Gasteiger partial charge < -0.3 is 4.90 Å². The molecule has 0 spiro atoms. The van der Waals surface area contributed by atoms with Crippen molar-refractivity contribution in [1.29, 1.82) is 0 Å². The molecule has 0 aromatic heterocycles. The summed E-state index contributed by atoms with van der Waals surface area (Å²) in [5, 5.41) is 0.532.